The molecule has 2 bridgehead atoms. The summed E-state index contributed by atoms with van der Waals surface area (Å²) in [5.41, 5.74) is 1.17. The van der Waals surface area contributed by atoms with E-state index in [0.29, 0.717) is 18.6 Å². The van der Waals surface area contributed by atoms with E-state index in [1.165, 1.54) is 5.56 Å². The number of benzene rings is 1. The summed E-state index contributed by atoms with van der Waals surface area (Å²) in [7, 11) is 1.85. The Labute approximate surface area is 134 Å². The normalized spacial score (nSPS) is 30.9. The van der Waals surface area contributed by atoms with Crippen LogP contribution in [0.5, 0.6) is 0 Å². The van der Waals surface area contributed by atoms with Crippen LogP contribution in [0.25, 0.3) is 0 Å². The monoisotopic (exact) mass is 304 g/mol. The maximum atomic E-state index is 6.20. The van der Waals surface area contributed by atoms with Crippen LogP contribution in [0.3, 0.4) is 0 Å². The van der Waals surface area contributed by atoms with Crippen molar-refractivity contribution in [3.8, 4) is 0 Å². The van der Waals surface area contributed by atoms with Crippen molar-refractivity contribution >= 4 is 0 Å². The maximum absolute atomic E-state index is 6.20. The van der Waals surface area contributed by atoms with E-state index in [1.54, 1.807) is 0 Å². The second-order valence-corrected chi connectivity index (χ2v) is 6.61. The van der Waals surface area contributed by atoms with Crippen LogP contribution in [0.15, 0.2) is 30.3 Å². The van der Waals surface area contributed by atoms with E-state index in [0.717, 1.165) is 25.7 Å². The average Bonchev–Trinajstić information content (AvgIpc) is 3.17. The molecule has 2 heterocycles. The molecule has 3 heteroatoms. The summed E-state index contributed by atoms with van der Waals surface area (Å²) in [6, 6.07) is 10.4. The zero-order valence-corrected chi connectivity index (χ0v) is 14.0. The maximum Gasteiger partial charge on any atom is 0.0898 e. The number of fused-ring (bicyclic) bond motifs is 2. The van der Waals surface area contributed by atoms with Gasteiger partial charge in [0, 0.05) is 19.4 Å². The Balaban J connectivity index is 1.66. The molecule has 0 radical (unpaired) electrons. The quantitative estimate of drug-likeness (QED) is 0.763. The second kappa shape index (κ2) is 6.69. The van der Waals surface area contributed by atoms with Gasteiger partial charge in [-0.2, -0.15) is 0 Å². The highest BCUT2D eigenvalue weighted by Gasteiger charge is 2.55. The van der Waals surface area contributed by atoms with Gasteiger partial charge in [-0.1, -0.05) is 44.2 Å². The lowest BCUT2D eigenvalue weighted by Crippen LogP contribution is -2.48. The van der Waals surface area contributed by atoms with Crippen molar-refractivity contribution in [2.45, 2.75) is 70.1 Å². The third kappa shape index (κ3) is 2.82. The molecule has 22 heavy (non-hydrogen) atoms. The number of hydrogen-bond acceptors (Lipinski definition) is 3. The van der Waals surface area contributed by atoms with Crippen molar-refractivity contribution in [1.29, 1.82) is 0 Å². The first-order chi connectivity index (χ1) is 10.7. The number of ether oxygens (including phenoxy) is 3. The SMILES string of the molecule is CCC(CC)(OC)C1CC2CC(OCc3ccccc3)C1O2. The van der Waals surface area contributed by atoms with Crippen molar-refractivity contribution in [3.63, 3.8) is 0 Å². The molecule has 2 aliphatic heterocycles. The molecule has 3 rings (SSSR count). The van der Waals surface area contributed by atoms with Gasteiger partial charge >= 0.3 is 0 Å². The molecule has 0 amide bonds. The van der Waals surface area contributed by atoms with Crippen LogP contribution in [0.1, 0.15) is 45.1 Å². The smallest absolute Gasteiger partial charge is 0.0898 e. The lowest BCUT2D eigenvalue weighted by molar-refractivity contribution is -0.114. The molecule has 3 nitrogen and oxygen atoms in total. The van der Waals surface area contributed by atoms with Crippen LogP contribution >= 0.6 is 0 Å². The molecule has 0 saturated carbocycles. The minimum atomic E-state index is -0.0613. The second-order valence-electron chi connectivity index (χ2n) is 6.61. The van der Waals surface area contributed by atoms with E-state index in [9.17, 15) is 0 Å². The Kier molecular flexibility index (Phi) is 4.86. The largest absolute Gasteiger partial charge is 0.378 e. The van der Waals surface area contributed by atoms with Gasteiger partial charge in [-0.05, 0) is 24.8 Å². The first-order valence-corrected chi connectivity index (χ1v) is 8.58. The number of methoxy groups -OCH3 is 1. The van der Waals surface area contributed by atoms with Gasteiger partial charge in [0.15, 0.2) is 0 Å². The summed E-state index contributed by atoms with van der Waals surface area (Å²) < 4.78 is 18.3. The first-order valence-electron chi connectivity index (χ1n) is 8.58. The van der Waals surface area contributed by atoms with Gasteiger partial charge in [0.05, 0.1) is 30.5 Å². The lowest BCUT2D eigenvalue weighted by atomic mass is 9.73. The molecular weight excluding hydrogens is 276 g/mol. The molecule has 2 aliphatic rings. The van der Waals surface area contributed by atoms with E-state index < -0.39 is 0 Å². The first kappa shape index (κ1) is 16.0. The minimum absolute atomic E-state index is 0.0613. The van der Waals surface area contributed by atoms with Gasteiger partial charge in [-0.15, -0.1) is 0 Å². The van der Waals surface area contributed by atoms with E-state index in [-0.39, 0.29) is 17.8 Å². The molecule has 1 aromatic rings. The fourth-order valence-electron chi connectivity index (χ4n) is 4.35. The molecule has 0 aromatic heterocycles. The predicted molar refractivity (Wildman–Crippen MR) is 86.7 cm³/mol. The molecule has 1 aromatic carbocycles. The summed E-state index contributed by atoms with van der Waals surface area (Å²) in [6.45, 7) is 5.11. The lowest BCUT2D eigenvalue weighted by Gasteiger charge is -2.41. The van der Waals surface area contributed by atoms with Crippen molar-refractivity contribution in [2.24, 2.45) is 5.92 Å². The predicted octanol–water partition coefficient (Wildman–Crippen LogP) is 3.95. The summed E-state index contributed by atoms with van der Waals surface area (Å²) in [5.74, 6) is 0.451. The van der Waals surface area contributed by atoms with Crippen LogP contribution in [-0.2, 0) is 20.8 Å². The molecule has 0 N–H and O–H groups in total. The third-order valence-corrected chi connectivity index (χ3v) is 5.71. The minimum Gasteiger partial charge on any atom is -0.378 e. The average molecular weight is 304 g/mol. The third-order valence-electron chi connectivity index (χ3n) is 5.71. The van der Waals surface area contributed by atoms with Crippen LogP contribution in [0, 0.1) is 5.92 Å². The zero-order valence-electron chi connectivity index (χ0n) is 14.0. The highest BCUT2D eigenvalue weighted by Crippen LogP contribution is 2.48. The van der Waals surface area contributed by atoms with E-state index in [4.69, 9.17) is 14.2 Å². The van der Waals surface area contributed by atoms with Crippen LogP contribution < -0.4 is 0 Å². The zero-order chi connectivity index (χ0) is 15.6. The molecule has 4 atom stereocenters. The Morgan fingerprint density at radius 3 is 2.45 bits per heavy atom. The van der Waals surface area contributed by atoms with Crippen molar-refractivity contribution in [2.75, 3.05) is 7.11 Å². The molecule has 4 unspecified atom stereocenters. The Bertz CT molecular complexity index is 461. The highest BCUT2D eigenvalue weighted by atomic mass is 16.6. The van der Waals surface area contributed by atoms with Crippen molar-refractivity contribution in [1.82, 2.24) is 0 Å². The summed E-state index contributed by atoms with van der Waals surface area (Å²) in [6.07, 6.45) is 4.95. The van der Waals surface area contributed by atoms with Crippen LogP contribution in [0.4, 0.5) is 0 Å². The van der Waals surface area contributed by atoms with Gasteiger partial charge in [0.1, 0.15) is 0 Å². The number of hydrogen-bond donors (Lipinski definition) is 0. The number of rotatable bonds is 7. The van der Waals surface area contributed by atoms with Crippen LogP contribution in [0.2, 0.25) is 0 Å². The Morgan fingerprint density at radius 1 is 1.14 bits per heavy atom. The summed E-state index contributed by atoms with van der Waals surface area (Å²) >= 11 is 0. The Hall–Kier alpha value is -0.900. The highest BCUT2D eigenvalue weighted by molar-refractivity contribution is 5.13. The topological polar surface area (TPSA) is 27.7 Å². The molecular formula is C19H28O3. The van der Waals surface area contributed by atoms with Gasteiger partial charge in [0.2, 0.25) is 0 Å². The molecule has 0 spiro atoms. The van der Waals surface area contributed by atoms with E-state index in [1.807, 2.05) is 13.2 Å². The summed E-state index contributed by atoms with van der Waals surface area (Å²) in [4.78, 5) is 0. The van der Waals surface area contributed by atoms with Crippen molar-refractivity contribution < 1.29 is 14.2 Å². The van der Waals surface area contributed by atoms with Crippen molar-refractivity contribution in [3.05, 3.63) is 35.9 Å². The van der Waals surface area contributed by atoms with Gasteiger partial charge in [-0.25, -0.2) is 0 Å². The van der Waals surface area contributed by atoms with Crippen LogP contribution in [-0.4, -0.2) is 31.0 Å². The van der Waals surface area contributed by atoms with E-state index in [2.05, 4.69) is 38.1 Å². The standard InChI is InChI=1S/C19H28O3/c1-4-19(5-2,20-3)16-11-15-12-17(18(16)22-15)21-13-14-9-7-6-8-10-14/h6-10,15-18H,4-5,11-13H2,1-3H3. The molecule has 122 valence electrons. The van der Waals surface area contributed by atoms with E-state index >= 15 is 0 Å². The molecule has 2 saturated heterocycles. The summed E-state index contributed by atoms with van der Waals surface area (Å²) in [5, 5.41) is 0. The van der Waals surface area contributed by atoms with Gasteiger partial charge < -0.3 is 14.2 Å². The fourth-order valence-corrected chi connectivity index (χ4v) is 4.35. The van der Waals surface area contributed by atoms with Gasteiger partial charge in [-0.3, -0.25) is 0 Å². The molecule has 2 fully saturated rings. The molecule has 0 aliphatic carbocycles. The Morgan fingerprint density at radius 2 is 1.86 bits per heavy atom. The fraction of sp³-hybridized carbons (Fsp3) is 0.684. The van der Waals surface area contributed by atoms with Gasteiger partial charge in [0.25, 0.3) is 0 Å².